The molecule has 0 aliphatic carbocycles. The number of para-hydroxylation sites is 2. The highest BCUT2D eigenvalue weighted by atomic mass is 32.1. The Morgan fingerprint density at radius 3 is 2.00 bits per heavy atom. The standard InChI is InChI=1S/C17H22N4S.C12H18N2/c1-13-6-3-4-7-16(13)21-9-5-8-20(10-11-21)14(2)15(12-18)17(19)22;1-11-5-2-3-6-12(11)14-9-4-7-13-8-10-14/h3-4,6-7H,5,8-11H2,1-2H3,(H2,19,22);2-3,5-6,13H,4,7-10H2,1H3/b15-14-;. The van der Waals surface area contributed by atoms with E-state index in [1.54, 1.807) is 0 Å². The van der Waals surface area contributed by atoms with Gasteiger partial charge in [-0.2, -0.15) is 5.26 Å². The van der Waals surface area contributed by atoms with Gasteiger partial charge in [-0.3, -0.25) is 0 Å². The molecule has 0 spiro atoms. The van der Waals surface area contributed by atoms with Crippen LogP contribution in [0.3, 0.4) is 0 Å². The zero-order valence-corrected chi connectivity index (χ0v) is 22.8. The third-order valence-corrected chi connectivity index (χ3v) is 7.15. The van der Waals surface area contributed by atoms with Crippen LogP contribution in [0.2, 0.25) is 0 Å². The average molecular weight is 505 g/mol. The molecule has 6 nitrogen and oxygen atoms in total. The highest BCUT2D eigenvalue weighted by molar-refractivity contribution is 7.80. The van der Waals surface area contributed by atoms with Crippen molar-refractivity contribution in [3.05, 3.63) is 70.9 Å². The fraction of sp³-hybridized carbons (Fsp3) is 0.448. The second kappa shape index (κ2) is 13.9. The molecule has 0 bridgehead atoms. The number of nitriles is 1. The first-order valence-corrected chi connectivity index (χ1v) is 13.3. The van der Waals surface area contributed by atoms with Crippen molar-refractivity contribution in [2.24, 2.45) is 5.73 Å². The predicted molar refractivity (Wildman–Crippen MR) is 156 cm³/mol. The van der Waals surface area contributed by atoms with Gasteiger partial charge in [-0.15, -0.1) is 0 Å². The fourth-order valence-corrected chi connectivity index (χ4v) is 5.08. The largest absolute Gasteiger partial charge is 0.389 e. The molecule has 2 saturated heterocycles. The van der Waals surface area contributed by atoms with Gasteiger partial charge in [-0.1, -0.05) is 48.6 Å². The van der Waals surface area contributed by atoms with E-state index in [0.717, 1.165) is 57.9 Å². The van der Waals surface area contributed by atoms with Gasteiger partial charge in [0.2, 0.25) is 0 Å². The van der Waals surface area contributed by atoms with E-state index >= 15 is 0 Å². The molecule has 7 heteroatoms. The summed E-state index contributed by atoms with van der Waals surface area (Å²) in [4.78, 5) is 7.29. The number of allylic oxidation sites excluding steroid dienone is 1. The minimum atomic E-state index is 0.181. The van der Waals surface area contributed by atoms with Crippen molar-refractivity contribution in [2.45, 2.75) is 33.6 Å². The quantitative estimate of drug-likeness (QED) is 0.364. The lowest BCUT2D eigenvalue weighted by Gasteiger charge is -2.26. The number of thiocarbonyl (C=S) groups is 1. The van der Waals surface area contributed by atoms with Crippen LogP contribution < -0.4 is 20.9 Å². The zero-order chi connectivity index (χ0) is 25.9. The second-order valence-electron chi connectivity index (χ2n) is 9.43. The molecule has 2 aromatic rings. The van der Waals surface area contributed by atoms with Gasteiger partial charge < -0.3 is 25.8 Å². The van der Waals surface area contributed by atoms with E-state index in [1.807, 2.05) is 6.92 Å². The number of rotatable bonds is 4. The van der Waals surface area contributed by atoms with E-state index in [9.17, 15) is 5.26 Å². The molecule has 0 saturated carbocycles. The lowest BCUT2D eigenvalue weighted by Crippen LogP contribution is -2.31. The Hall–Kier alpha value is -3.08. The first-order valence-electron chi connectivity index (χ1n) is 12.9. The molecule has 2 fully saturated rings. The minimum absolute atomic E-state index is 0.181. The first kappa shape index (κ1) is 27.5. The summed E-state index contributed by atoms with van der Waals surface area (Å²) in [6, 6.07) is 19.2. The Morgan fingerprint density at radius 1 is 0.833 bits per heavy atom. The van der Waals surface area contributed by atoms with Crippen LogP contribution in [0.15, 0.2) is 59.8 Å². The van der Waals surface area contributed by atoms with Gasteiger partial charge in [-0.05, 0) is 63.4 Å². The van der Waals surface area contributed by atoms with Gasteiger partial charge in [0, 0.05) is 62.9 Å². The summed E-state index contributed by atoms with van der Waals surface area (Å²) in [5, 5.41) is 12.6. The molecule has 192 valence electrons. The SMILES string of the molecule is C/C(=C(\C#N)C(N)=S)N1CCCN(c2ccccc2C)CC1.Cc1ccccc1N1CCCNCC1. The van der Waals surface area contributed by atoms with Crippen LogP contribution in [0.1, 0.15) is 30.9 Å². The Labute approximate surface area is 222 Å². The van der Waals surface area contributed by atoms with Gasteiger partial charge in [0.1, 0.15) is 16.6 Å². The van der Waals surface area contributed by atoms with Gasteiger partial charge in [0.15, 0.2) is 0 Å². The van der Waals surface area contributed by atoms with Crippen LogP contribution in [0.25, 0.3) is 0 Å². The van der Waals surface area contributed by atoms with E-state index in [0.29, 0.717) is 5.57 Å². The fourth-order valence-electron chi connectivity index (χ4n) is 4.89. The van der Waals surface area contributed by atoms with Crippen molar-refractivity contribution in [3.63, 3.8) is 0 Å². The van der Waals surface area contributed by atoms with E-state index in [4.69, 9.17) is 18.0 Å². The molecule has 0 unspecified atom stereocenters. The van der Waals surface area contributed by atoms with E-state index in [2.05, 4.69) is 88.5 Å². The summed E-state index contributed by atoms with van der Waals surface area (Å²) >= 11 is 4.97. The van der Waals surface area contributed by atoms with Gasteiger partial charge >= 0.3 is 0 Å². The number of anilines is 2. The number of hydrogen-bond donors (Lipinski definition) is 2. The third kappa shape index (κ3) is 7.46. The molecule has 0 atom stereocenters. The maximum Gasteiger partial charge on any atom is 0.116 e. The van der Waals surface area contributed by atoms with E-state index in [1.165, 1.54) is 35.5 Å². The lowest BCUT2D eigenvalue weighted by molar-refractivity contribution is 0.369. The van der Waals surface area contributed by atoms with E-state index < -0.39 is 0 Å². The Balaban J connectivity index is 0.000000221. The normalized spacial score (nSPS) is 17.1. The Morgan fingerprint density at radius 2 is 1.42 bits per heavy atom. The molecular weight excluding hydrogens is 464 g/mol. The zero-order valence-electron chi connectivity index (χ0n) is 22.0. The highest BCUT2D eigenvalue weighted by Gasteiger charge is 2.19. The smallest absolute Gasteiger partial charge is 0.116 e. The second-order valence-corrected chi connectivity index (χ2v) is 9.87. The molecule has 3 N–H and O–H groups in total. The van der Waals surface area contributed by atoms with Crippen LogP contribution in [-0.2, 0) is 0 Å². The molecule has 4 rings (SSSR count). The minimum Gasteiger partial charge on any atom is -0.389 e. The number of nitrogens with zero attached hydrogens (tertiary/aromatic N) is 4. The van der Waals surface area contributed by atoms with Crippen LogP contribution in [-0.4, -0.2) is 62.2 Å². The molecule has 0 amide bonds. The van der Waals surface area contributed by atoms with Crippen LogP contribution in [0.5, 0.6) is 0 Å². The summed E-state index contributed by atoms with van der Waals surface area (Å²) in [7, 11) is 0. The number of hydrogen-bond acceptors (Lipinski definition) is 6. The van der Waals surface area contributed by atoms with E-state index in [-0.39, 0.29) is 4.99 Å². The molecule has 2 aliphatic heterocycles. The van der Waals surface area contributed by atoms with Crippen molar-refractivity contribution in [1.29, 1.82) is 5.26 Å². The Kier molecular flexibility index (Phi) is 10.6. The van der Waals surface area contributed by atoms with Crippen molar-refractivity contribution in [1.82, 2.24) is 10.2 Å². The summed E-state index contributed by atoms with van der Waals surface area (Å²) in [5.41, 5.74) is 12.3. The van der Waals surface area contributed by atoms with Crippen molar-refractivity contribution >= 4 is 28.6 Å². The van der Waals surface area contributed by atoms with Gasteiger partial charge in [-0.25, -0.2) is 0 Å². The monoisotopic (exact) mass is 504 g/mol. The molecule has 2 heterocycles. The van der Waals surface area contributed by atoms with Gasteiger partial charge in [0.05, 0.1) is 0 Å². The van der Waals surface area contributed by atoms with Crippen LogP contribution in [0, 0.1) is 25.2 Å². The summed E-state index contributed by atoms with van der Waals surface area (Å²) in [5.74, 6) is 0. The molecule has 2 aromatic carbocycles. The molecular formula is C29H40N6S. The lowest BCUT2D eigenvalue weighted by atomic mass is 10.2. The molecule has 2 aliphatic rings. The van der Waals surface area contributed by atoms with Gasteiger partial charge in [0.25, 0.3) is 0 Å². The van der Waals surface area contributed by atoms with Crippen molar-refractivity contribution < 1.29 is 0 Å². The highest BCUT2D eigenvalue weighted by Crippen LogP contribution is 2.22. The average Bonchev–Trinajstić information content (AvgIpc) is 3.29. The maximum atomic E-state index is 9.22. The number of nitrogens with two attached hydrogens (primary N) is 1. The number of aryl methyl sites for hydroxylation is 2. The number of nitrogens with one attached hydrogen (secondary N) is 1. The summed E-state index contributed by atoms with van der Waals surface area (Å²) in [6.45, 7) is 14.6. The van der Waals surface area contributed by atoms with Crippen molar-refractivity contribution in [2.75, 3.05) is 62.2 Å². The molecule has 0 radical (unpaired) electrons. The van der Waals surface area contributed by atoms with Crippen molar-refractivity contribution in [3.8, 4) is 6.07 Å². The van der Waals surface area contributed by atoms with Crippen LogP contribution in [0.4, 0.5) is 11.4 Å². The Bertz CT molecular complexity index is 1080. The predicted octanol–water partition coefficient (Wildman–Crippen LogP) is 4.39. The molecule has 36 heavy (non-hydrogen) atoms. The first-order chi connectivity index (χ1) is 17.4. The number of benzene rings is 2. The summed E-state index contributed by atoms with van der Waals surface area (Å²) < 4.78 is 0. The summed E-state index contributed by atoms with van der Waals surface area (Å²) in [6.07, 6.45) is 2.29. The van der Waals surface area contributed by atoms with Crippen LogP contribution >= 0.6 is 12.2 Å². The maximum absolute atomic E-state index is 9.22. The molecule has 0 aromatic heterocycles. The third-order valence-electron chi connectivity index (χ3n) is 6.94. The topological polar surface area (TPSA) is 71.6 Å².